The Balaban J connectivity index is 1.64. The number of nitrogens with two attached hydrogens (primary N) is 1. The smallest absolute Gasteiger partial charge is 0.253 e. The van der Waals surface area contributed by atoms with Gasteiger partial charge in [0.1, 0.15) is 0 Å². The summed E-state index contributed by atoms with van der Waals surface area (Å²) in [5.74, 6) is -0.302. The number of piperidine rings is 1. The quantitative estimate of drug-likeness (QED) is 0.908. The second kappa shape index (κ2) is 6.40. The van der Waals surface area contributed by atoms with Gasteiger partial charge in [-0.05, 0) is 43.5 Å². The predicted octanol–water partition coefficient (Wildman–Crippen LogP) is 1.15. The van der Waals surface area contributed by atoms with Crippen molar-refractivity contribution in [1.29, 1.82) is 0 Å². The fourth-order valence-electron chi connectivity index (χ4n) is 3.25. The van der Waals surface area contributed by atoms with Crippen LogP contribution < -0.4 is 10.6 Å². The van der Waals surface area contributed by atoms with Gasteiger partial charge in [0, 0.05) is 43.2 Å². The van der Waals surface area contributed by atoms with Gasteiger partial charge >= 0.3 is 0 Å². The van der Waals surface area contributed by atoms with Crippen LogP contribution in [0.5, 0.6) is 0 Å². The van der Waals surface area contributed by atoms with Crippen molar-refractivity contribution in [3.63, 3.8) is 0 Å². The first-order chi connectivity index (χ1) is 11.1. The third kappa shape index (κ3) is 3.21. The SMILES string of the molecule is NC(=O)C1CCN(C(=O)c2ccc(N3CCCC3=O)cc2)CC1. The first-order valence-electron chi connectivity index (χ1n) is 8.05. The molecule has 6 nitrogen and oxygen atoms in total. The Kier molecular flexibility index (Phi) is 4.32. The molecule has 2 aliphatic rings. The van der Waals surface area contributed by atoms with Gasteiger partial charge in [0.2, 0.25) is 11.8 Å². The third-order valence-electron chi connectivity index (χ3n) is 4.68. The Hall–Kier alpha value is -2.37. The lowest BCUT2D eigenvalue weighted by Gasteiger charge is -2.30. The number of amides is 3. The van der Waals surface area contributed by atoms with Crippen LogP contribution in [0.3, 0.4) is 0 Å². The summed E-state index contributed by atoms with van der Waals surface area (Å²) in [5, 5.41) is 0. The highest BCUT2D eigenvalue weighted by molar-refractivity contribution is 5.97. The zero-order chi connectivity index (χ0) is 16.4. The molecule has 2 fully saturated rings. The second-order valence-electron chi connectivity index (χ2n) is 6.16. The number of anilines is 1. The maximum absolute atomic E-state index is 12.5. The molecule has 2 saturated heterocycles. The van der Waals surface area contributed by atoms with E-state index in [4.69, 9.17) is 5.73 Å². The van der Waals surface area contributed by atoms with Crippen molar-refractivity contribution in [2.24, 2.45) is 11.7 Å². The molecular formula is C17H21N3O3. The number of primary amides is 1. The lowest BCUT2D eigenvalue weighted by Crippen LogP contribution is -2.41. The molecular weight excluding hydrogens is 294 g/mol. The molecule has 1 aromatic rings. The van der Waals surface area contributed by atoms with Gasteiger partial charge in [-0.25, -0.2) is 0 Å². The molecule has 0 unspecified atom stereocenters. The van der Waals surface area contributed by atoms with Gasteiger partial charge in [-0.15, -0.1) is 0 Å². The summed E-state index contributed by atoms with van der Waals surface area (Å²) in [4.78, 5) is 38.9. The van der Waals surface area contributed by atoms with Gasteiger partial charge in [0.15, 0.2) is 0 Å². The largest absolute Gasteiger partial charge is 0.369 e. The topological polar surface area (TPSA) is 83.7 Å². The van der Waals surface area contributed by atoms with Gasteiger partial charge in [-0.2, -0.15) is 0 Å². The van der Waals surface area contributed by atoms with E-state index in [9.17, 15) is 14.4 Å². The highest BCUT2D eigenvalue weighted by Gasteiger charge is 2.27. The number of hydrogen-bond donors (Lipinski definition) is 1. The minimum atomic E-state index is -0.281. The van der Waals surface area contributed by atoms with E-state index in [2.05, 4.69) is 0 Å². The zero-order valence-corrected chi connectivity index (χ0v) is 13.0. The molecule has 0 saturated carbocycles. The van der Waals surface area contributed by atoms with E-state index < -0.39 is 0 Å². The number of carbonyl (C=O) groups is 3. The van der Waals surface area contributed by atoms with Gasteiger partial charge in [-0.3, -0.25) is 14.4 Å². The van der Waals surface area contributed by atoms with E-state index in [-0.39, 0.29) is 23.6 Å². The lowest BCUT2D eigenvalue weighted by atomic mass is 9.96. The van der Waals surface area contributed by atoms with E-state index in [1.807, 2.05) is 12.1 Å². The number of likely N-dealkylation sites (tertiary alicyclic amines) is 1. The van der Waals surface area contributed by atoms with Gasteiger partial charge < -0.3 is 15.5 Å². The monoisotopic (exact) mass is 315 g/mol. The Bertz CT molecular complexity index is 618. The van der Waals surface area contributed by atoms with Crippen LogP contribution in [-0.2, 0) is 9.59 Å². The summed E-state index contributed by atoms with van der Waals surface area (Å²) in [6.07, 6.45) is 2.73. The molecule has 3 rings (SSSR count). The minimum Gasteiger partial charge on any atom is -0.369 e. The summed E-state index contributed by atoms with van der Waals surface area (Å²) in [6, 6.07) is 7.19. The van der Waals surface area contributed by atoms with E-state index >= 15 is 0 Å². The molecule has 0 radical (unpaired) electrons. The summed E-state index contributed by atoms with van der Waals surface area (Å²) in [7, 11) is 0. The number of carbonyl (C=O) groups excluding carboxylic acids is 3. The molecule has 1 aromatic carbocycles. The van der Waals surface area contributed by atoms with E-state index in [0.717, 1.165) is 18.7 Å². The Morgan fingerprint density at radius 1 is 1.04 bits per heavy atom. The summed E-state index contributed by atoms with van der Waals surface area (Å²) in [6.45, 7) is 1.85. The molecule has 2 aliphatic heterocycles. The van der Waals surface area contributed by atoms with E-state index in [1.54, 1.807) is 21.9 Å². The summed E-state index contributed by atoms with van der Waals surface area (Å²) in [5.41, 5.74) is 6.77. The van der Waals surface area contributed by atoms with Gasteiger partial charge in [-0.1, -0.05) is 0 Å². The molecule has 2 N–H and O–H groups in total. The maximum Gasteiger partial charge on any atom is 0.253 e. The van der Waals surface area contributed by atoms with Crippen molar-refractivity contribution in [1.82, 2.24) is 4.90 Å². The number of benzene rings is 1. The van der Waals surface area contributed by atoms with Crippen LogP contribution in [0, 0.1) is 5.92 Å². The van der Waals surface area contributed by atoms with E-state index in [1.165, 1.54) is 0 Å². The van der Waals surface area contributed by atoms with Crippen LogP contribution in [0.2, 0.25) is 0 Å². The molecule has 0 aliphatic carbocycles. The van der Waals surface area contributed by atoms with Crippen molar-refractivity contribution in [2.45, 2.75) is 25.7 Å². The highest BCUT2D eigenvalue weighted by atomic mass is 16.2. The van der Waals surface area contributed by atoms with Crippen LogP contribution in [0.1, 0.15) is 36.0 Å². The second-order valence-corrected chi connectivity index (χ2v) is 6.16. The summed E-state index contributed by atoms with van der Waals surface area (Å²) < 4.78 is 0. The molecule has 3 amide bonds. The molecule has 0 bridgehead atoms. The highest BCUT2D eigenvalue weighted by Crippen LogP contribution is 2.23. The van der Waals surface area contributed by atoms with Gasteiger partial charge in [0.25, 0.3) is 5.91 Å². The summed E-state index contributed by atoms with van der Waals surface area (Å²) >= 11 is 0. The zero-order valence-electron chi connectivity index (χ0n) is 13.0. The fraction of sp³-hybridized carbons (Fsp3) is 0.471. The van der Waals surface area contributed by atoms with Crippen LogP contribution >= 0.6 is 0 Å². The Morgan fingerprint density at radius 3 is 2.22 bits per heavy atom. The number of hydrogen-bond acceptors (Lipinski definition) is 3. The first kappa shape index (κ1) is 15.5. The Morgan fingerprint density at radius 2 is 1.70 bits per heavy atom. The molecule has 122 valence electrons. The maximum atomic E-state index is 12.5. The molecule has 0 spiro atoms. The van der Waals surface area contributed by atoms with Crippen LogP contribution in [0.15, 0.2) is 24.3 Å². The average Bonchev–Trinajstić information content (AvgIpc) is 3.00. The molecule has 0 atom stereocenters. The number of nitrogens with zero attached hydrogens (tertiary/aromatic N) is 2. The lowest BCUT2D eigenvalue weighted by molar-refractivity contribution is -0.123. The Labute approximate surface area is 135 Å². The number of rotatable bonds is 3. The predicted molar refractivity (Wildman–Crippen MR) is 85.9 cm³/mol. The van der Waals surface area contributed by atoms with Crippen molar-refractivity contribution >= 4 is 23.4 Å². The average molecular weight is 315 g/mol. The first-order valence-corrected chi connectivity index (χ1v) is 8.05. The van der Waals surface area contributed by atoms with Crippen molar-refractivity contribution < 1.29 is 14.4 Å². The molecule has 23 heavy (non-hydrogen) atoms. The fourth-order valence-corrected chi connectivity index (χ4v) is 3.25. The third-order valence-corrected chi connectivity index (χ3v) is 4.68. The normalized spacial score (nSPS) is 19.2. The molecule has 2 heterocycles. The van der Waals surface area contributed by atoms with Crippen molar-refractivity contribution in [3.05, 3.63) is 29.8 Å². The molecule has 0 aromatic heterocycles. The molecule has 6 heteroatoms. The minimum absolute atomic E-state index is 0.0350. The standard InChI is InChI=1S/C17H21N3O3/c18-16(22)12-7-10-19(11-8-12)17(23)13-3-5-14(6-4-13)20-9-1-2-15(20)21/h3-6,12H,1-2,7-11H2,(H2,18,22). The van der Waals surface area contributed by atoms with Crippen LogP contribution in [-0.4, -0.2) is 42.3 Å². The van der Waals surface area contributed by atoms with Crippen molar-refractivity contribution in [2.75, 3.05) is 24.5 Å². The van der Waals surface area contributed by atoms with Gasteiger partial charge in [0.05, 0.1) is 0 Å². The van der Waals surface area contributed by atoms with Crippen LogP contribution in [0.25, 0.3) is 0 Å². The van der Waals surface area contributed by atoms with E-state index in [0.29, 0.717) is 37.9 Å². The van der Waals surface area contributed by atoms with Crippen LogP contribution in [0.4, 0.5) is 5.69 Å². The van der Waals surface area contributed by atoms with Crippen molar-refractivity contribution in [3.8, 4) is 0 Å².